The first-order valence-electron chi connectivity index (χ1n) is 6.08. The van der Waals surface area contributed by atoms with Gasteiger partial charge in [0, 0.05) is 0 Å². The standard InChI is InChI=1S/C12H9N5O4S/c1-21-5-2-3-6-7(4-5)22-12(13-6)17-16-8-9(18)14-11(20)15-10(8)19/h2-4,8H,1H3,(H2,14,15,18,19,20). The predicted molar refractivity (Wildman–Crippen MR) is 76.2 cm³/mol. The molecule has 0 unspecified atom stereocenters. The predicted octanol–water partition coefficient (Wildman–Crippen LogP) is 1.12. The highest BCUT2D eigenvalue weighted by molar-refractivity contribution is 7.21. The number of azo groups is 1. The lowest BCUT2D eigenvalue weighted by Crippen LogP contribution is -2.57. The fourth-order valence-electron chi connectivity index (χ4n) is 1.79. The number of rotatable bonds is 3. The second-order valence-electron chi connectivity index (χ2n) is 4.26. The molecule has 2 heterocycles. The van der Waals surface area contributed by atoms with Gasteiger partial charge in [0.1, 0.15) is 5.75 Å². The van der Waals surface area contributed by atoms with Crippen LogP contribution in [0.5, 0.6) is 5.75 Å². The van der Waals surface area contributed by atoms with Crippen LogP contribution in [-0.4, -0.2) is 36.0 Å². The summed E-state index contributed by atoms with van der Waals surface area (Å²) in [5.74, 6) is -0.954. The zero-order valence-electron chi connectivity index (χ0n) is 11.2. The number of thiazole rings is 1. The molecule has 1 aliphatic heterocycles. The van der Waals surface area contributed by atoms with Crippen LogP contribution < -0.4 is 15.4 Å². The number of ether oxygens (including phenoxy) is 1. The van der Waals surface area contributed by atoms with Gasteiger partial charge in [0.15, 0.2) is 0 Å². The molecule has 0 spiro atoms. The topological polar surface area (TPSA) is 122 Å². The van der Waals surface area contributed by atoms with Crippen molar-refractivity contribution in [1.29, 1.82) is 0 Å². The molecule has 2 aromatic rings. The Morgan fingerprint density at radius 1 is 1.23 bits per heavy atom. The minimum atomic E-state index is -1.40. The summed E-state index contributed by atoms with van der Waals surface area (Å²) in [5.41, 5.74) is 0.701. The molecule has 3 rings (SSSR count). The number of barbiturate groups is 1. The molecule has 0 saturated carbocycles. The Morgan fingerprint density at radius 2 is 1.95 bits per heavy atom. The van der Waals surface area contributed by atoms with Gasteiger partial charge in [-0.15, -0.1) is 5.11 Å². The van der Waals surface area contributed by atoms with Gasteiger partial charge in [-0.3, -0.25) is 20.2 Å². The van der Waals surface area contributed by atoms with Crippen molar-refractivity contribution in [3.8, 4) is 5.75 Å². The third-order valence-corrected chi connectivity index (χ3v) is 3.72. The molecule has 1 aliphatic rings. The van der Waals surface area contributed by atoms with Crippen molar-refractivity contribution >= 4 is 44.5 Å². The van der Waals surface area contributed by atoms with Crippen molar-refractivity contribution in [1.82, 2.24) is 15.6 Å². The molecule has 10 heteroatoms. The number of carbonyl (C=O) groups is 3. The fraction of sp³-hybridized carbons (Fsp3) is 0.167. The monoisotopic (exact) mass is 319 g/mol. The van der Waals surface area contributed by atoms with Crippen molar-refractivity contribution in [2.24, 2.45) is 10.2 Å². The fourth-order valence-corrected chi connectivity index (χ4v) is 2.61. The van der Waals surface area contributed by atoms with E-state index < -0.39 is 23.9 Å². The van der Waals surface area contributed by atoms with Gasteiger partial charge in [0.2, 0.25) is 11.2 Å². The Labute approximate surface area is 127 Å². The summed E-state index contributed by atoms with van der Waals surface area (Å²) in [5, 5.41) is 11.6. The van der Waals surface area contributed by atoms with E-state index in [2.05, 4.69) is 15.2 Å². The highest BCUT2D eigenvalue weighted by atomic mass is 32.1. The number of fused-ring (bicyclic) bond motifs is 1. The highest BCUT2D eigenvalue weighted by Crippen LogP contribution is 2.31. The van der Waals surface area contributed by atoms with Crippen LogP contribution in [0.3, 0.4) is 0 Å². The van der Waals surface area contributed by atoms with Gasteiger partial charge in [-0.1, -0.05) is 11.3 Å². The van der Waals surface area contributed by atoms with E-state index in [1.165, 1.54) is 11.3 Å². The van der Waals surface area contributed by atoms with Gasteiger partial charge in [-0.25, -0.2) is 9.78 Å². The molecule has 22 heavy (non-hydrogen) atoms. The summed E-state index contributed by atoms with van der Waals surface area (Å²) in [6, 6.07) is 3.05. The summed E-state index contributed by atoms with van der Waals surface area (Å²) in [7, 11) is 1.56. The maximum absolute atomic E-state index is 11.5. The normalized spacial score (nSPS) is 16.1. The number of benzene rings is 1. The minimum absolute atomic E-state index is 0.292. The summed E-state index contributed by atoms with van der Waals surface area (Å²) < 4.78 is 5.95. The summed E-state index contributed by atoms with van der Waals surface area (Å²) in [6.07, 6.45) is 0. The zero-order chi connectivity index (χ0) is 15.7. The van der Waals surface area contributed by atoms with Crippen LogP contribution in [0.15, 0.2) is 28.4 Å². The molecule has 2 N–H and O–H groups in total. The lowest BCUT2D eigenvalue weighted by Gasteiger charge is -2.15. The first kappa shape index (κ1) is 14.1. The number of aromatic nitrogens is 1. The maximum Gasteiger partial charge on any atom is 0.328 e. The van der Waals surface area contributed by atoms with Crippen LogP contribution in [0.4, 0.5) is 9.93 Å². The number of amides is 4. The van der Waals surface area contributed by atoms with Gasteiger partial charge in [-0.2, -0.15) is 5.11 Å². The number of hydrogen-bond donors (Lipinski definition) is 2. The Kier molecular flexibility index (Phi) is 3.51. The molecule has 1 aromatic heterocycles. The van der Waals surface area contributed by atoms with Gasteiger partial charge >= 0.3 is 6.03 Å². The van der Waals surface area contributed by atoms with Crippen molar-refractivity contribution in [2.75, 3.05) is 7.11 Å². The summed E-state index contributed by atoms with van der Waals surface area (Å²) >= 11 is 1.24. The van der Waals surface area contributed by atoms with Crippen LogP contribution >= 0.6 is 11.3 Å². The van der Waals surface area contributed by atoms with Gasteiger partial charge < -0.3 is 4.74 Å². The first-order valence-corrected chi connectivity index (χ1v) is 6.89. The van der Waals surface area contributed by atoms with E-state index in [0.717, 1.165) is 4.70 Å². The van der Waals surface area contributed by atoms with Crippen LogP contribution in [0.1, 0.15) is 0 Å². The van der Waals surface area contributed by atoms with Gasteiger partial charge in [-0.05, 0) is 18.2 Å². The van der Waals surface area contributed by atoms with Crippen molar-refractivity contribution in [2.45, 2.75) is 6.04 Å². The molecule has 0 atom stereocenters. The average Bonchev–Trinajstić information content (AvgIpc) is 2.87. The van der Waals surface area contributed by atoms with Crippen molar-refractivity contribution in [3.63, 3.8) is 0 Å². The van der Waals surface area contributed by atoms with Crippen LogP contribution in [0, 0.1) is 0 Å². The molecule has 1 aromatic carbocycles. The number of nitrogens with one attached hydrogen (secondary N) is 2. The molecule has 4 amide bonds. The Bertz CT molecular complexity index is 795. The second kappa shape index (κ2) is 5.48. The Morgan fingerprint density at radius 3 is 2.64 bits per heavy atom. The van der Waals surface area contributed by atoms with E-state index in [1.54, 1.807) is 25.3 Å². The number of nitrogens with zero attached hydrogens (tertiary/aromatic N) is 3. The molecular formula is C12H9N5O4S. The Hall–Kier alpha value is -2.88. The number of methoxy groups -OCH3 is 1. The molecule has 0 bridgehead atoms. The van der Waals surface area contributed by atoms with E-state index in [9.17, 15) is 14.4 Å². The van der Waals surface area contributed by atoms with E-state index >= 15 is 0 Å². The Balaban J connectivity index is 1.84. The number of hydrogen-bond acceptors (Lipinski definition) is 8. The third kappa shape index (κ3) is 2.63. The molecule has 9 nitrogen and oxygen atoms in total. The van der Waals surface area contributed by atoms with Gasteiger partial charge in [0.05, 0.1) is 17.3 Å². The SMILES string of the molecule is COc1ccc2nc(N=NC3C(=O)NC(=O)NC3=O)sc2c1. The van der Waals surface area contributed by atoms with E-state index in [-0.39, 0.29) is 0 Å². The van der Waals surface area contributed by atoms with E-state index in [4.69, 9.17) is 4.74 Å². The number of urea groups is 1. The van der Waals surface area contributed by atoms with Crippen LogP contribution in [-0.2, 0) is 9.59 Å². The molecule has 0 radical (unpaired) electrons. The maximum atomic E-state index is 11.5. The quantitative estimate of drug-likeness (QED) is 0.648. The van der Waals surface area contributed by atoms with Gasteiger partial charge in [0.25, 0.3) is 11.8 Å². The van der Waals surface area contributed by atoms with Crippen LogP contribution in [0.25, 0.3) is 10.2 Å². The second-order valence-corrected chi connectivity index (χ2v) is 5.26. The molecule has 0 aliphatic carbocycles. The third-order valence-electron chi connectivity index (χ3n) is 2.81. The van der Waals surface area contributed by atoms with Crippen molar-refractivity contribution < 1.29 is 19.1 Å². The molecule has 1 saturated heterocycles. The minimum Gasteiger partial charge on any atom is -0.497 e. The summed E-state index contributed by atoms with van der Waals surface area (Å²) in [6.45, 7) is 0. The molecular weight excluding hydrogens is 310 g/mol. The average molecular weight is 319 g/mol. The molecule has 112 valence electrons. The van der Waals surface area contributed by atoms with Crippen molar-refractivity contribution in [3.05, 3.63) is 18.2 Å². The highest BCUT2D eigenvalue weighted by Gasteiger charge is 2.34. The van der Waals surface area contributed by atoms with Crippen LogP contribution in [0.2, 0.25) is 0 Å². The summed E-state index contributed by atoms with van der Waals surface area (Å²) in [4.78, 5) is 38.2. The number of carbonyl (C=O) groups excluding carboxylic acids is 3. The zero-order valence-corrected chi connectivity index (χ0v) is 12.0. The molecule has 1 fully saturated rings. The first-order chi connectivity index (χ1) is 10.6. The number of imide groups is 2. The van der Waals surface area contributed by atoms with E-state index in [0.29, 0.717) is 16.4 Å². The van der Waals surface area contributed by atoms with E-state index in [1.807, 2.05) is 10.6 Å². The lowest BCUT2D eigenvalue weighted by atomic mass is 10.2. The largest absolute Gasteiger partial charge is 0.497 e. The lowest BCUT2D eigenvalue weighted by molar-refractivity contribution is -0.131. The smallest absolute Gasteiger partial charge is 0.328 e.